The van der Waals surface area contributed by atoms with Gasteiger partial charge in [0.15, 0.2) is 13.7 Å². The molecular weight excluding hydrogens is 793 g/mol. The second kappa shape index (κ2) is 14.5. The molecule has 3 aromatic heterocycles. The van der Waals surface area contributed by atoms with Crippen LogP contribution in [-0.2, 0) is 0 Å². The molecule has 0 aliphatic carbocycles. The summed E-state index contributed by atoms with van der Waals surface area (Å²) in [5, 5.41) is -0.397. The van der Waals surface area contributed by atoms with Crippen molar-refractivity contribution in [1.29, 1.82) is 0 Å². The maximum Gasteiger partial charge on any atom is 0.179 e. The van der Waals surface area contributed by atoms with Gasteiger partial charge in [0.25, 0.3) is 0 Å². The summed E-state index contributed by atoms with van der Waals surface area (Å²) in [4.78, 5) is 0. The van der Waals surface area contributed by atoms with E-state index in [2.05, 4.69) is 4.57 Å². The highest BCUT2D eigenvalue weighted by molar-refractivity contribution is 7.20. The molecule has 0 saturated carbocycles. The van der Waals surface area contributed by atoms with Crippen LogP contribution in [0.25, 0.3) is 88.1 Å². The Labute approximate surface area is 403 Å². The number of benzene rings is 10. The van der Waals surface area contributed by atoms with Gasteiger partial charge in [-0.25, -0.2) is 0 Å². The van der Waals surface area contributed by atoms with Gasteiger partial charge in [-0.1, -0.05) is 200 Å². The zero-order chi connectivity index (χ0) is 62.2. The molecule has 13 aromatic rings. The minimum atomic E-state index is -6.48. The fourth-order valence-corrected chi connectivity index (χ4v) is 12.8. The summed E-state index contributed by atoms with van der Waals surface area (Å²) >= 11 is 0. The van der Waals surface area contributed by atoms with Gasteiger partial charge >= 0.3 is 0 Å². The number of aromatic nitrogens is 2. The van der Waals surface area contributed by atoms with Crippen molar-refractivity contribution in [3.05, 3.63) is 242 Å². The van der Waals surface area contributed by atoms with E-state index in [1.807, 2.05) is 54.6 Å². The lowest BCUT2D eigenvalue weighted by atomic mass is 10.1. The second-order valence-electron chi connectivity index (χ2n) is 15.0. The van der Waals surface area contributed by atoms with Gasteiger partial charge in [0.2, 0.25) is 0 Å². The van der Waals surface area contributed by atoms with E-state index in [-0.39, 0.29) is 11.0 Å². The van der Waals surface area contributed by atoms with Gasteiger partial charge in [-0.05, 0) is 74.3 Å². The predicted molar refractivity (Wildman–Crippen MR) is 271 cm³/mol. The topological polar surface area (TPSA) is 23.0 Å². The van der Waals surface area contributed by atoms with Crippen molar-refractivity contribution >= 4 is 94.4 Å². The summed E-state index contributed by atoms with van der Waals surface area (Å²) in [7, 11) is -6.48. The van der Waals surface area contributed by atoms with Crippen LogP contribution in [0.2, 0.25) is 0 Å². The van der Waals surface area contributed by atoms with Crippen LogP contribution in [0, 0.1) is 0 Å². The molecule has 0 aliphatic heterocycles. The molecule has 0 amide bonds. The van der Waals surface area contributed by atoms with Crippen LogP contribution in [0.5, 0.6) is 0 Å². The first-order valence-corrected chi connectivity index (χ1v) is 22.1. The predicted octanol–water partition coefficient (Wildman–Crippen LogP) is 12.8. The number of rotatable bonds is 7. The number of fused-ring (bicyclic) bond motifs is 10. The summed E-state index contributed by atoms with van der Waals surface area (Å²) in [5.41, 5.74) is 0.986. The van der Waals surface area contributed by atoms with Gasteiger partial charge in [0.1, 0.15) is 5.58 Å². The lowest BCUT2D eigenvalue weighted by Crippen LogP contribution is -2.74. The summed E-state index contributed by atoms with van der Waals surface area (Å²) in [6, 6.07) is 6.36. The number of furan rings is 1. The molecule has 3 heterocycles. The summed E-state index contributed by atoms with van der Waals surface area (Å²) in [6.07, 6.45) is 0. The molecule has 10 aromatic carbocycles. The summed E-state index contributed by atoms with van der Waals surface area (Å²) in [5.74, 6) is 0. The van der Waals surface area contributed by atoms with E-state index in [1.54, 1.807) is 48.5 Å². The van der Waals surface area contributed by atoms with Crippen molar-refractivity contribution < 1.29 is 35.9 Å². The molecule has 0 unspecified atom stereocenters. The van der Waals surface area contributed by atoms with E-state index in [0.29, 0.717) is 38.4 Å². The SMILES string of the molecule is [2H]c1c([2H])c([2H])c(-c2c([2H])c([2H])c([2H])c([Si](c3c([2H])c([2H])c([2H])c([2H])c3[2H])(c3c([2H])c([2H])c([2H])c([2H])c3[2H])c3c([2H])c([2H])c([2H])c(-n4c5ccccc5c5cc(-n6c7ccccc7c7ccccc76)c6oc7ccccc7c6c54)c3[2H])c2[2H])c([2H])c1[2H]. The zero-order valence-electron chi connectivity index (χ0n) is 56.1. The molecule has 0 bridgehead atoms. The third-order valence-electron chi connectivity index (χ3n) is 11.8. The van der Waals surface area contributed by atoms with E-state index >= 15 is 0 Å². The van der Waals surface area contributed by atoms with Gasteiger partial charge in [-0.15, -0.1) is 0 Å². The first-order chi connectivity index (χ1) is 41.3. The molecule has 0 atom stereocenters. The Kier molecular flexibility index (Phi) is 4.59. The van der Waals surface area contributed by atoms with Crippen molar-refractivity contribution in [1.82, 2.24) is 9.13 Å². The summed E-state index contributed by atoms with van der Waals surface area (Å²) in [6.45, 7) is 0. The summed E-state index contributed by atoms with van der Waals surface area (Å²) < 4.78 is 228. The lowest BCUT2D eigenvalue weighted by molar-refractivity contribution is 0.666. The molecule has 0 radical (unpaired) electrons. The maximum atomic E-state index is 10.9. The molecule has 4 heteroatoms. The van der Waals surface area contributed by atoms with Gasteiger partial charge < -0.3 is 13.6 Å². The Balaban J connectivity index is 1.31. The van der Waals surface area contributed by atoms with E-state index in [4.69, 9.17) is 14.0 Å². The number of hydrogen-bond donors (Lipinski definition) is 0. The Morgan fingerprint density at radius 1 is 0.406 bits per heavy atom. The molecule has 300 valence electrons. The average Bonchev–Trinajstić information content (AvgIpc) is 1.51. The van der Waals surface area contributed by atoms with Crippen molar-refractivity contribution in [2.45, 2.75) is 0 Å². The smallest absolute Gasteiger partial charge is 0.179 e. The molecule has 0 aliphatic rings. The third kappa shape index (κ3) is 5.33. The van der Waals surface area contributed by atoms with Crippen LogP contribution in [0.3, 0.4) is 0 Å². The molecular formula is C60H40N2OSi. The van der Waals surface area contributed by atoms with Crippen LogP contribution >= 0.6 is 0 Å². The van der Waals surface area contributed by atoms with Crippen molar-refractivity contribution in [3.63, 3.8) is 0 Å². The highest BCUT2D eigenvalue weighted by atomic mass is 28.3. The zero-order valence-corrected chi connectivity index (χ0v) is 34.1. The van der Waals surface area contributed by atoms with Crippen LogP contribution in [-0.4, -0.2) is 17.2 Å². The van der Waals surface area contributed by atoms with Crippen LogP contribution < -0.4 is 20.7 Å². The van der Waals surface area contributed by atoms with E-state index in [9.17, 15) is 21.9 Å². The Morgan fingerprint density at radius 2 is 0.891 bits per heavy atom. The van der Waals surface area contributed by atoms with Crippen molar-refractivity contribution in [2.24, 2.45) is 0 Å². The fourth-order valence-electron chi connectivity index (χ4n) is 9.19. The minimum Gasteiger partial charge on any atom is -0.454 e. The van der Waals surface area contributed by atoms with Crippen LogP contribution in [0.1, 0.15) is 31.5 Å². The third-order valence-corrected chi connectivity index (χ3v) is 15.8. The number of nitrogens with zero attached hydrogens (tertiary/aromatic N) is 2. The normalized spacial score (nSPS) is 17.1. The molecule has 0 saturated heterocycles. The Bertz CT molecular complexity index is 5090. The van der Waals surface area contributed by atoms with E-state index < -0.39 is 185 Å². The quantitative estimate of drug-likeness (QED) is 0.116. The minimum absolute atomic E-state index is 0.251. The van der Waals surface area contributed by atoms with Gasteiger partial charge in [-0.3, -0.25) is 0 Å². The van der Waals surface area contributed by atoms with Crippen molar-refractivity contribution in [3.8, 4) is 22.5 Å². The molecule has 64 heavy (non-hydrogen) atoms. The molecule has 0 spiro atoms. The number of hydrogen-bond acceptors (Lipinski definition) is 1. The lowest BCUT2D eigenvalue weighted by Gasteiger charge is -2.35. The Morgan fingerprint density at radius 3 is 1.53 bits per heavy atom. The Hall–Kier alpha value is -8.18. The van der Waals surface area contributed by atoms with Gasteiger partial charge in [0, 0.05) is 32.6 Å². The largest absolute Gasteiger partial charge is 0.454 e. The molecule has 0 fully saturated rings. The standard InChI is InChI=1S/C60H40N2OSi/c1-4-20-41(21-5-1)42-22-18-28-46(38-42)64(44-24-6-2-7-25-44,45-26-8-3-9-27-45)47-29-19-23-43(39-47)61-53-34-14-12-32-50(53)52-40-56(60-58(59(52)61)51-33-13-17-37-57(51)63-60)62-54-35-15-10-30-48(54)49-31-11-16-36-55(49)62/h1-40H/i1D,2D,3D,4D,5D,6D,7D,8D,9D,18D,19D,20D,21D,22D,23D,24D,25D,26D,27D,28D,29D,38D,39D. The average molecular weight is 856 g/mol. The first kappa shape index (κ1) is 20.3. The van der Waals surface area contributed by atoms with E-state index in [0.717, 1.165) is 21.8 Å². The van der Waals surface area contributed by atoms with Crippen LogP contribution in [0.4, 0.5) is 0 Å². The second-order valence-corrected chi connectivity index (χ2v) is 18.5. The van der Waals surface area contributed by atoms with Crippen molar-refractivity contribution in [2.75, 3.05) is 0 Å². The monoisotopic (exact) mass is 855 g/mol. The maximum absolute atomic E-state index is 10.9. The van der Waals surface area contributed by atoms with Crippen LogP contribution in [0.15, 0.2) is 247 Å². The van der Waals surface area contributed by atoms with E-state index in [1.165, 1.54) is 4.57 Å². The highest BCUT2D eigenvalue weighted by Gasteiger charge is 2.42. The molecule has 0 N–H and O–H groups in total. The van der Waals surface area contributed by atoms with Gasteiger partial charge in [-0.2, -0.15) is 0 Å². The highest BCUT2D eigenvalue weighted by Crippen LogP contribution is 2.45. The first-order valence-electron chi connectivity index (χ1n) is 31.6. The van der Waals surface area contributed by atoms with Gasteiger partial charge in [0.05, 0.1) is 64.7 Å². The number of para-hydroxylation sites is 4. The molecule has 13 rings (SSSR count). The fraction of sp³-hybridized carbons (Fsp3) is 0. The molecule has 3 nitrogen and oxygen atoms in total.